The number of aliphatic hydroxyl groups is 1. The van der Waals surface area contributed by atoms with Crippen molar-refractivity contribution in [1.29, 1.82) is 5.26 Å². The van der Waals surface area contributed by atoms with Gasteiger partial charge in [0.15, 0.2) is 0 Å². The second kappa shape index (κ2) is 6.21. The van der Waals surface area contributed by atoms with Crippen LogP contribution in [0.1, 0.15) is 37.7 Å². The molecule has 4 bridgehead atoms. The Bertz CT molecular complexity index is 938. The zero-order valence-corrected chi connectivity index (χ0v) is 16.9. The third-order valence-electron chi connectivity index (χ3n) is 8.06. The molecule has 3 heterocycles. The number of carbonyl (C=O) groups is 1. The molecule has 2 aliphatic heterocycles. The van der Waals surface area contributed by atoms with Crippen LogP contribution in [0.3, 0.4) is 0 Å². The van der Waals surface area contributed by atoms with Gasteiger partial charge in [-0.3, -0.25) is 0 Å². The number of carbonyl (C=O) groups excluding carboxylic acids is 1. The first-order valence-corrected chi connectivity index (χ1v) is 11.0. The molecule has 1 aromatic rings. The van der Waals surface area contributed by atoms with E-state index in [-0.39, 0.29) is 12.1 Å². The predicted octanol–water partition coefficient (Wildman–Crippen LogP) is 2.32. The standard InChI is InChI=1S/C23H26N4O3/c24-11-15-2-3-19(25-12-15)30-14-22-4-1-5-27(22)21(28)26(13-22)20-17-6-16-7-18(20)10-23(29,8-16)9-17/h1-4,12,16-18,20,29H,5-10,13-14H2. The first-order valence-electron chi connectivity index (χ1n) is 11.0. The van der Waals surface area contributed by atoms with Crippen molar-refractivity contribution in [2.24, 2.45) is 17.8 Å². The largest absolute Gasteiger partial charge is 0.475 e. The van der Waals surface area contributed by atoms with Gasteiger partial charge in [0.05, 0.1) is 17.7 Å². The fraction of sp³-hybridized carbons (Fsp3) is 0.609. The van der Waals surface area contributed by atoms with Gasteiger partial charge in [-0.2, -0.15) is 5.26 Å². The van der Waals surface area contributed by atoms with Crippen LogP contribution in [0, 0.1) is 29.1 Å². The Morgan fingerprint density at radius 1 is 1.27 bits per heavy atom. The summed E-state index contributed by atoms with van der Waals surface area (Å²) < 4.78 is 5.98. The molecule has 3 unspecified atom stereocenters. The summed E-state index contributed by atoms with van der Waals surface area (Å²) in [5.74, 6) is 1.91. The number of nitriles is 1. The molecule has 1 N–H and O–H groups in total. The van der Waals surface area contributed by atoms with Crippen molar-refractivity contribution in [2.75, 3.05) is 19.7 Å². The van der Waals surface area contributed by atoms with Gasteiger partial charge in [-0.15, -0.1) is 0 Å². The van der Waals surface area contributed by atoms with Crippen molar-refractivity contribution in [2.45, 2.75) is 49.3 Å². The molecule has 5 fully saturated rings. The zero-order chi connectivity index (χ0) is 20.5. The monoisotopic (exact) mass is 406 g/mol. The minimum Gasteiger partial charge on any atom is -0.475 e. The van der Waals surface area contributed by atoms with Crippen LogP contribution in [0.5, 0.6) is 5.88 Å². The van der Waals surface area contributed by atoms with Gasteiger partial charge in [0, 0.05) is 24.8 Å². The number of pyridine rings is 1. The minimum atomic E-state index is -0.492. The molecule has 156 valence electrons. The number of ether oxygens (including phenoxy) is 1. The summed E-state index contributed by atoms with van der Waals surface area (Å²) in [6, 6.07) is 5.78. The molecule has 2 amide bonds. The van der Waals surface area contributed by atoms with Gasteiger partial charge in [0.2, 0.25) is 5.88 Å². The van der Waals surface area contributed by atoms with E-state index in [2.05, 4.69) is 22.0 Å². The Morgan fingerprint density at radius 2 is 2.07 bits per heavy atom. The smallest absolute Gasteiger partial charge is 0.321 e. The highest BCUT2D eigenvalue weighted by Gasteiger charge is 2.60. The van der Waals surface area contributed by atoms with Gasteiger partial charge in [0.1, 0.15) is 18.2 Å². The number of aromatic nitrogens is 1. The lowest BCUT2D eigenvalue weighted by Gasteiger charge is -2.59. The fourth-order valence-corrected chi connectivity index (χ4v) is 7.17. The summed E-state index contributed by atoms with van der Waals surface area (Å²) in [7, 11) is 0. The molecule has 7 rings (SSSR count). The van der Waals surface area contributed by atoms with Crippen LogP contribution in [0.25, 0.3) is 0 Å². The first-order chi connectivity index (χ1) is 14.5. The highest BCUT2D eigenvalue weighted by atomic mass is 16.5. The van der Waals surface area contributed by atoms with Gasteiger partial charge in [-0.1, -0.05) is 12.2 Å². The van der Waals surface area contributed by atoms with E-state index in [9.17, 15) is 9.90 Å². The topological polar surface area (TPSA) is 89.7 Å². The molecule has 7 nitrogen and oxygen atoms in total. The number of fused-ring (bicyclic) bond motifs is 1. The average Bonchev–Trinajstić information content (AvgIpc) is 3.24. The third kappa shape index (κ3) is 2.59. The van der Waals surface area contributed by atoms with Crippen LogP contribution >= 0.6 is 0 Å². The molecule has 3 atom stereocenters. The van der Waals surface area contributed by atoms with Crippen molar-refractivity contribution in [3.05, 3.63) is 36.0 Å². The first kappa shape index (κ1) is 18.2. The molecular formula is C23H26N4O3. The minimum absolute atomic E-state index is 0.0980. The molecule has 1 saturated heterocycles. The lowest BCUT2D eigenvalue weighted by atomic mass is 9.52. The van der Waals surface area contributed by atoms with E-state index in [0.29, 0.717) is 48.9 Å². The highest BCUT2D eigenvalue weighted by molar-refractivity contribution is 5.80. The summed E-state index contributed by atoms with van der Waals surface area (Å²) in [6.07, 6.45) is 10.6. The number of hydrogen-bond donors (Lipinski definition) is 1. The summed E-state index contributed by atoms with van der Waals surface area (Å²) >= 11 is 0. The van der Waals surface area contributed by atoms with Crippen molar-refractivity contribution in [3.8, 4) is 11.9 Å². The Morgan fingerprint density at radius 3 is 2.73 bits per heavy atom. The zero-order valence-electron chi connectivity index (χ0n) is 16.9. The van der Waals surface area contributed by atoms with Gasteiger partial charge in [-0.25, -0.2) is 9.78 Å². The number of amides is 2. The SMILES string of the molecule is N#Cc1ccc(OCC23C=CCN2C(=O)N(C2C4CC5CC2CC(O)(C5)C4)C3)nc1. The molecule has 0 spiro atoms. The van der Waals surface area contributed by atoms with E-state index < -0.39 is 11.1 Å². The van der Waals surface area contributed by atoms with Crippen LogP contribution in [-0.2, 0) is 0 Å². The fourth-order valence-electron chi connectivity index (χ4n) is 7.17. The Balaban J connectivity index is 1.22. The van der Waals surface area contributed by atoms with E-state index >= 15 is 0 Å². The molecule has 4 saturated carbocycles. The Kier molecular flexibility index (Phi) is 3.77. The molecule has 1 aromatic heterocycles. The van der Waals surface area contributed by atoms with E-state index in [1.165, 1.54) is 6.20 Å². The number of rotatable bonds is 4. The lowest BCUT2D eigenvalue weighted by Crippen LogP contribution is -2.62. The number of urea groups is 1. The van der Waals surface area contributed by atoms with Gasteiger partial charge < -0.3 is 19.6 Å². The van der Waals surface area contributed by atoms with Gasteiger partial charge >= 0.3 is 6.03 Å². The van der Waals surface area contributed by atoms with Gasteiger partial charge in [-0.05, 0) is 55.9 Å². The summed E-state index contributed by atoms with van der Waals surface area (Å²) in [5, 5.41) is 19.8. The Labute approximate surface area is 175 Å². The molecule has 30 heavy (non-hydrogen) atoms. The maximum Gasteiger partial charge on any atom is 0.321 e. The van der Waals surface area contributed by atoms with Crippen molar-refractivity contribution in [1.82, 2.24) is 14.8 Å². The van der Waals surface area contributed by atoms with E-state index in [0.717, 1.165) is 32.1 Å². The van der Waals surface area contributed by atoms with E-state index in [4.69, 9.17) is 10.00 Å². The maximum atomic E-state index is 13.4. The van der Waals surface area contributed by atoms with Crippen LogP contribution in [-0.4, -0.2) is 62.8 Å². The Hall–Kier alpha value is -2.59. The summed E-state index contributed by atoms with van der Waals surface area (Å²) in [4.78, 5) is 21.7. The second-order valence-electron chi connectivity index (χ2n) is 10.00. The number of hydrogen-bond acceptors (Lipinski definition) is 5. The predicted molar refractivity (Wildman–Crippen MR) is 107 cm³/mol. The molecule has 6 aliphatic rings. The lowest BCUT2D eigenvalue weighted by molar-refractivity contribution is -0.152. The van der Waals surface area contributed by atoms with E-state index in [1.807, 2.05) is 11.0 Å². The van der Waals surface area contributed by atoms with Crippen LogP contribution in [0.2, 0.25) is 0 Å². The molecule has 0 radical (unpaired) electrons. The molecule has 7 heteroatoms. The van der Waals surface area contributed by atoms with E-state index in [1.54, 1.807) is 12.1 Å². The number of nitrogens with zero attached hydrogens (tertiary/aromatic N) is 4. The molecule has 0 aromatic carbocycles. The highest BCUT2D eigenvalue weighted by Crippen LogP contribution is 2.57. The third-order valence-corrected chi connectivity index (χ3v) is 8.06. The van der Waals surface area contributed by atoms with Crippen LogP contribution in [0.15, 0.2) is 30.5 Å². The van der Waals surface area contributed by atoms with Crippen molar-refractivity contribution >= 4 is 6.03 Å². The van der Waals surface area contributed by atoms with Gasteiger partial charge in [0.25, 0.3) is 0 Å². The maximum absolute atomic E-state index is 13.4. The molecular weight excluding hydrogens is 380 g/mol. The second-order valence-corrected chi connectivity index (χ2v) is 10.00. The van der Waals surface area contributed by atoms with Crippen LogP contribution in [0.4, 0.5) is 4.79 Å². The average molecular weight is 406 g/mol. The normalized spacial score (nSPS) is 40.7. The van der Waals surface area contributed by atoms with Crippen molar-refractivity contribution < 1.29 is 14.6 Å². The summed E-state index contributed by atoms with van der Waals surface area (Å²) in [5.41, 5.74) is -0.472. The molecule has 4 aliphatic carbocycles. The summed E-state index contributed by atoms with van der Waals surface area (Å²) in [6.45, 7) is 1.58. The van der Waals surface area contributed by atoms with Crippen LogP contribution < -0.4 is 4.74 Å². The van der Waals surface area contributed by atoms with Crippen molar-refractivity contribution in [3.63, 3.8) is 0 Å². The quantitative estimate of drug-likeness (QED) is 0.775.